The quantitative estimate of drug-likeness (QED) is 0.598. The van der Waals surface area contributed by atoms with Gasteiger partial charge in [0.25, 0.3) is 5.91 Å². The van der Waals surface area contributed by atoms with Crippen molar-refractivity contribution < 1.29 is 31.9 Å². The number of aromatic nitrogens is 1. The fraction of sp³-hybridized carbons (Fsp3) is 0.190. The highest BCUT2D eigenvalue weighted by Gasteiger charge is 2.30. The van der Waals surface area contributed by atoms with Crippen LogP contribution < -0.4 is 5.32 Å². The van der Waals surface area contributed by atoms with E-state index in [0.717, 1.165) is 17.7 Å². The van der Waals surface area contributed by atoms with Crippen molar-refractivity contribution in [1.82, 2.24) is 4.98 Å². The van der Waals surface area contributed by atoms with Crippen molar-refractivity contribution >= 4 is 17.6 Å². The van der Waals surface area contributed by atoms with E-state index < -0.39 is 29.7 Å². The first kappa shape index (κ1) is 21.1. The minimum absolute atomic E-state index is 0.0540. The summed E-state index contributed by atoms with van der Waals surface area (Å²) in [5.74, 6) is -1.14. The van der Waals surface area contributed by atoms with Gasteiger partial charge in [0, 0.05) is 11.3 Å². The molecule has 2 aromatic carbocycles. The molecule has 0 radical (unpaired) electrons. The lowest BCUT2D eigenvalue weighted by molar-refractivity contribution is -0.152. The number of carbonyl (C=O) groups is 2. The molecule has 3 rings (SSSR count). The van der Waals surface area contributed by atoms with Crippen molar-refractivity contribution in [3.8, 4) is 11.5 Å². The normalized spacial score (nSPS) is 12.3. The molecule has 1 N–H and O–H groups in total. The Morgan fingerprint density at radius 2 is 1.87 bits per heavy atom. The summed E-state index contributed by atoms with van der Waals surface area (Å²) in [6.45, 7) is 1.32. The van der Waals surface area contributed by atoms with Gasteiger partial charge in [-0.1, -0.05) is 24.3 Å². The van der Waals surface area contributed by atoms with Crippen LogP contribution in [-0.2, 0) is 26.9 Å². The van der Waals surface area contributed by atoms with Gasteiger partial charge in [-0.05, 0) is 37.3 Å². The molecule has 0 aliphatic rings. The summed E-state index contributed by atoms with van der Waals surface area (Å²) in [7, 11) is 0. The molecular weight excluding hydrogens is 401 g/mol. The number of nitrogens with one attached hydrogen (secondary N) is 1. The van der Waals surface area contributed by atoms with Crippen LogP contribution in [0.3, 0.4) is 0 Å². The van der Waals surface area contributed by atoms with E-state index in [-0.39, 0.29) is 12.1 Å². The number of amides is 1. The van der Waals surface area contributed by atoms with E-state index in [4.69, 9.17) is 9.15 Å². The number of esters is 1. The highest BCUT2D eigenvalue weighted by molar-refractivity contribution is 5.95. The highest BCUT2D eigenvalue weighted by Crippen LogP contribution is 2.30. The number of oxazole rings is 1. The van der Waals surface area contributed by atoms with Crippen molar-refractivity contribution in [2.75, 3.05) is 5.32 Å². The number of ether oxygens (including phenoxy) is 1. The van der Waals surface area contributed by atoms with Gasteiger partial charge in [-0.15, -0.1) is 0 Å². The van der Waals surface area contributed by atoms with E-state index in [1.807, 2.05) is 18.2 Å². The van der Waals surface area contributed by atoms with Gasteiger partial charge in [-0.25, -0.2) is 4.98 Å². The predicted molar refractivity (Wildman–Crippen MR) is 101 cm³/mol. The zero-order chi connectivity index (χ0) is 21.7. The summed E-state index contributed by atoms with van der Waals surface area (Å²) < 4.78 is 48.6. The Balaban J connectivity index is 1.55. The van der Waals surface area contributed by atoms with Crippen molar-refractivity contribution in [3.05, 3.63) is 72.1 Å². The first-order valence-electron chi connectivity index (χ1n) is 8.90. The minimum Gasteiger partial charge on any atom is -0.452 e. The molecule has 0 saturated heterocycles. The van der Waals surface area contributed by atoms with Crippen LogP contribution in [0.5, 0.6) is 0 Å². The SMILES string of the molecule is CC(OC(=O)Cc1coc(-c2ccccc2)n1)C(=O)Nc1cccc(C(F)(F)F)c1. The molecule has 0 saturated carbocycles. The van der Waals surface area contributed by atoms with Gasteiger partial charge in [0.2, 0.25) is 5.89 Å². The topological polar surface area (TPSA) is 81.4 Å². The summed E-state index contributed by atoms with van der Waals surface area (Å²) in [5.41, 5.74) is 0.113. The zero-order valence-corrected chi connectivity index (χ0v) is 15.8. The van der Waals surface area contributed by atoms with E-state index >= 15 is 0 Å². The van der Waals surface area contributed by atoms with E-state index in [9.17, 15) is 22.8 Å². The molecule has 0 spiro atoms. The van der Waals surface area contributed by atoms with Gasteiger partial charge in [0.1, 0.15) is 6.26 Å². The first-order valence-corrected chi connectivity index (χ1v) is 8.90. The lowest BCUT2D eigenvalue weighted by atomic mass is 10.2. The maximum absolute atomic E-state index is 12.8. The molecule has 0 fully saturated rings. The number of carbonyl (C=O) groups excluding carboxylic acids is 2. The van der Waals surface area contributed by atoms with Gasteiger partial charge < -0.3 is 14.5 Å². The zero-order valence-electron chi connectivity index (χ0n) is 15.8. The lowest BCUT2D eigenvalue weighted by Gasteiger charge is -2.14. The number of hydrogen-bond acceptors (Lipinski definition) is 5. The second-order valence-electron chi connectivity index (χ2n) is 6.39. The Hall–Kier alpha value is -3.62. The molecule has 1 aromatic heterocycles. The van der Waals surface area contributed by atoms with Crippen LogP contribution in [-0.4, -0.2) is 23.0 Å². The Morgan fingerprint density at radius 1 is 1.13 bits per heavy atom. The van der Waals surface area contributed by atoms with Crippen LogP contribution in [0.4, 0.5) is 18.9 Å². The molecule has 9 heteroatoms. The van der Waals surface area contributed by atoms with Gasteiger partial charge in [0.15, 0.2) is 6.10 Å². The third kappa shape index (κ3) is 5.47. The Kier molecular flexibility index (Phi) is 6.20. The predicted octanol–water partition coefficient (Wildman–Crippen LogP) is 4.47. The molecule has 0 bridgehead atoms. The maximum Gasteiger partial charge on any atom is 0.416 e. The van der Waals surface area contributed by atoms with E-state index in [1.165, 1.54) is 25.3 Å². The first-order chi connectivity index (χ1) is 14.2. The van der Waals surface area contributed by atoms with Crippen LogP contribution in [0.2, 0.25) is 0 Å². The van der Waals surface area contributed by atoms with Crippen molar-refractivity contribution in [3.63, 3.8) is 0 Å². The molecule has 1 atom stereocenters. The number of nitrogens with zero attached hydrogens (tertiary/aromatic N) is 1. The molecule has 6 nitrogen and oxygen atoms in total. The standard InChI is InChI=1S/C21H17F3N2O4/c1-13(19(28)25-16-9-5-8-15(10-16)21(22,23)24)30-18(27)11-17-12-29-20(26-17)14-6-3-2-4-7-14/h2-10,12-13H,11H2,1H3,(H,25,28). The summed E-state index contributed by atoms with van der Waals surface area (Å²) >= 11 is 0. The molecule has 3 aromatic rings. The molecule has 1 amide bonds. The molecule has 1 unspecified atom stereocenters. The number of hydrogen-bond donors (Lipinski definition) is 1. The highest BCUT2D eigenvalue weighted by atomic mass is 19.4. The van der Waals surface area contributed by atoms with Crippen LogP contribution in [0.15, 0.2) is 65.3 Å². The Labute approximate surface area is 169 Å². The van der Waals surface area contributed by atoms with Gasteiger partial charge >= 0.3 is 12.1 Å². The summed E-state index contributed by atoms with van der Waals surface area (Å²) in [6, 6.07) is 13.2. The molecular formula is C21H17F3N2O4. The number of anilines is 1. The third-order valence-corrected chi connectivity index (χ3v) is 4.03. The fourth-order valence-corrected chi connectivity index (χ4v) is 2.56. The number of alkyl halides is 3. The lowest BCUT2D eigenvalue weighted by Crippen LogP contribution is -2.30. The molecule has 0 aliphatic heterocycles. The largest absolute Gasteiger partial charge is 0.452 e. The fourth-order valence-electron chi connectivity index (χ4n) is 2.56. The second-order valence-corrected chi connectivity index (χ2v) is 6.39. The van der Waals surface area contributed by atoms with E-state index in [0.29, 0.717) is 11.6 Å². The monoisotopic (exact) mass is 418 g/mol. The van der Waals surface area contributed by atoms with Gasteiger partial charge in [0.05, 0.1) is 17.7 Å². The number of rotatable bonds is 6. The average molecular weight is 418 g/mol. The number of benzene rings is 2. The molecule has 30 heavy (non-hydrogen) atoms. The smallest absolute Gasteiger partial charge is 0.416 e. The van der Waals surface area contributed by atoms with Crippen molar-refractivity contribution in [1.29, 1.82) is 0 Å². The van der Waals surface area contributed by atoms with Crippen molar-refractivity contribution in [2.24, 2.45) is 0 Å². The van der Waals surface area contributed by atoms with Crippen LogP contribution >= 0.6 is 0 Å². The van der Waals surface area contributed by atoms with Crippen LogP contribution in [0, 0.1) is 0 Å². The van der Waals surface area contributed by atoms with Gasteiger partial charge in [-0.3, -0.25) is 9.59 Å². The van der Waals surface area contributed by atoms with E-state index in [1.54, 1.807) is 12.1 Å². The summed E-state index contributed by atoms with van der Waals surface area (Å²) in [5, 5.41) is 2.30. The Morgan fingerprint density at radius 3 is 2.57 bits per heavy atom. The maximum atomic E-state index is 12.8. The number of halogens is 3. The Bertz CT molecular complexity index is 1030. The summed E-state index contributed by atoms with van der Waals surface area (Å²) in [6.07, 6.45) is -4.66. The second kappa shape index (κ2) is 8.81. The molecule has 1 heterocycles. The van der Waals surface area contributed by atoms with Crippen LogP contribution in [0.25, 0.3) is 11.5 Å². The molecule has 156 valence electrons. The minimum atomic E-state index is -4.53. The molecule has 0 aliphatic carbocycles. The van der Waals surface area contributed by atoms with Crippen molar-refractivity contribution in [2.45, 2.75) is 25.6 Å². The van der Waals surface area contributed by atoms with Gasteiger partial charge in [-0.2, -0.15) is 13.2 Å². The average Bonchev–Trinajstić information content (AvgIpc) is 3.16. The third-order valence-electron chi connectivity index (χ3n) is 4.03. The van der Waals surface area contributed by atoms with E-state index in [2.05, 4.69) is 10.3 Å². The van der Waals surface area contributed by atoms with Crippen LogP contribution in [0.1, 0.15) is 18.2 Å². The summed E-state index contributed by atoms with van der Waals surface area (Å²) in [4.78, 5) is 28.4.